The van der Waals surface area contributed by atoms with Gasteiger partial charge in [0.25, 0.3) is 5.24 Å². The molecule has 2 aromatic rings. The third kappa shape index (κ3) is 9.58. The van der Waals surface area contributed by atoms with E-state index in [0.29, 0.717) is 21.5 Å². The van der Waals surface area contributed by atoms with E-state index in [9.17, 15) is 9.59 Å². The van der Waals surface area contributed by atoms with Crippen molar-refractivity contribution >= 4 is 63.5 Å². The number of urea groups is 1. The van der Waals surface area contributed by atoms with Gasteiger partial charge in [-0.2, -0.15) is 0 Å². The van der Waals surface area contributed by atoms with Crippen LogP contribution >= 0.6 is 46.6 Å². The molecule has 2 rings (SSSR count). The van der Waals surface area contributed by atoms with Gasteiger partial charge in [0, 0.05) is 36.6 Å². The first-order chi connectivity index (χ1) is 14.7. The van der Waals surface area contributed by atoms with Gasteiger partial charge in [-0.25, -0.2) is 9.86 Å². The zero-order chi connectivity index (χ0) is 23.4. The maximum absolute atomic E-state index is 11.7. The lowest BCUT2D eigenvalue weighted by Gasteiger charge is -2.17. The Bertz CT molecular complexity index is 867. The summed E-state index contributed by atoms with van der Waals surface area (Å²) in [7, 11) is 2.89. The number of hydrogen-bond acceptors (Lipinski definition) is 4. The van der Waals surface area contributed by atoms with Crippen molar-refractivity contribution in [2.75, 3.05) is 32.6 Å². The molecule has 6 nitrogen and oxygen atoms in total. The minimum absolute atomic E-state index is 0.116. The summed E-state index contributed by atoms with van der Waals surface area (Å²) < 4.78 is 0. The van der Waals surface area contributed by atoms with Crippen molar-refractivity contribution in [3.05, 3.63) is 63.1 Å². The standard InChI is InChI=1S/C12H16ClNOS.C9H10Cl2N2O2/c1-3-14(4-2)12(15)16-9-10-7-5-6-8-11(10)13;1-13(15-2)9(14)12-6-3-4-7(10)8(11)5-6/h5-8H,3-4,9H2,1-2H3;3-5H,1-2H3,(H,12,14). The smallest absolute Gasteiger partial charge is 0.334 e. The van der Waals surface area contributed by atoms with Gasteiger partial charge in [-0.1, -0.05) is 64.8 Å². The minimum Gasteiger partial charge on any atom is -0.334 e. The average Bonchev–Trinajstić information content (AvgIpc) is 2.76. The molecule has 0 aliphatic heterocycles. The van der Waals surface area contributed by atoms with E-state index in [4.69, 9.17) is 39.6 Å². The lowest BCUT2D eigenvalue weighted by atomic mass is 10.2. The van der Waals surface area contributed by atoms with Crippen LogP contribution in [0.15, 0.2) is 42.5 Å². The van der Waals surface area contributed by atoms with Crippen LogP contribution in [0, 0.1) is 0 Å². The molecule has 3 amide bonds. The summed E-state index contributed by atoms with van der Waals surface area (Å²) in [4.78, 5) is 29.6. The van der Waals surface area contributed by atoms with Crippen LogP contribution in [0.5, 0.6) is 0 Å². The van der Waals surface area contributed by atoms with E-state index in [1.54, 1.807) is 18.2 Å². The Hall–Kier alpha value is -1.64. The SMILES string of the molecule is CCN(CC)C(=O)SCc1ccccc1Cl.CON(C)C(=O)Nc1ccc(Cl)c(Cl)c1. The van der Waals surface area contributed by atoms with Crippen LogP contribution in [0.1, 0.15) is 19.4 Å². The Morgan fingerprint density at radius 3 is 2.19 bits per heavy atom. The molecule has 0 bridgehead atoms. The highest BCUT2D eigenvalue weighted by atomic mass is 35.5. The molecule has 0 saturated heterocycles. The highest BCUT2D eigenvalue weighted by Gasteiger charge is 2.11. The van der Waals surface area contributed by atoms with E-state index in [-0.39, 0.29) is 5.24 Å². The predicted molar refractivity (Wildman–Crippen MR) is 131 cm³/mol. The predicted octanol–water partition coefficient (Wildman–Crippen LogP) is 7.05. The molecular formula is C21H26Cl3N3O3S. The van der Waals surface area contributed by atoms with Crippen molar-refractivity contribution in [1.82, 2.24) is 9.96 Å². The molecule has 0 aliphatic carbocycles. The second kappa shape index (κ2) is 14.4. The van der Waals surface area contributed by atoms with Crippen LogP contribution in [0.25, 0.3) is 0 Å². The van der Waals surface area contributed by atoms with Crippen molar-refractivity contribution in [3.63, 3.8) is 0 Å². The fourth-order valence-corrected chi connectivity index (χ4v) is 3.74. The number of rotatable bonds is 6. The topological polar surface area (TPSA) is 61.9 Å². The monoisotopic (exact) mass is 505 g/mol. The molecule has 0 aromatic heterocycles. The lowest BCUT2D eigenvalue weighted by Crippen LogP contribution is -2.30. The zero-order valence-electron chi connectivity index (χ0n) is 17.8. The van der Waals surface area contributed by atoms with E-state index in [2.05, 4.69) is 5.32 Å². The van der Waals surface area contributed by atoms with E-state index in [1.807, 2.05) is 43.0 Å². The van der Waals surface area contributed by atoms with Crippen LogP contribution < -0.4 is 5.32 Å². The summed E-state index contributed by atoms with van der Waals surface area (Å²) in [5, 5.41) is 5.30. The summed E-state index contributed by atoms with van der Waals surface area (Å²) >= 11 is 18.8. The van der Waals surface area contributed by atoms with Crippen LogP contribution in [-0.2, 0) is 10.6 Å². The second-order valence-corrected chi connectivity index (χ2v) is 8.21. The molecule has 0 heterocycles. The molecule has 2 aromatic carbocycles. The van der Waals surface area contributed by atoms with Crippen LogP contribution in [0.2, 0.25) is 15.1 Å². The molecular weight excluding hydrogens is 481 g/mol. The van der Waals surface area contributed by atoms with Crippen molar-refractivity contribution < 1.29 is 14.4 Å². The van der Waals surface area contributed by atoms with E-state index < -0.39 is 6.03 Å². The van der Waals surface area contributed by atoms with Gasteiger partial charge in [0.15, 0.2) is 0 Å². The van der Waals surface area contributed by atoms with Crippen molar-refractivity contribution in [1.29, 1.82) is 0 Å². The number of carbonyl (C=O) groups excluding carboxylic acids is 2. The van der Waals surface area contributed by atoms with Crippen LogP contribution in [0.4, 0.5) is 15.3 Å². The molecule has 31 heavy (non-hydrogen) atoms. The summed E-state index contributed by atoms with van der Waals surface area (Å²) in [6.07, 6.45) is 0. The third-order valence-electron chi connectivity index (χ3n) is 4.06. The molecule has 170 valence electrons. The Morgan fingerprint density at radius 1 is 1.00 bits per heavy atom. The van der Waals surface area contributed by atoms with Gasteiger partial charge >= 0.3 is 6.03 Å². The molecule has 10 heteroatoms. The molecule has 0 spiro atoms. The van der Waals surface area contributed by atoms with Gasteiger partial charge in [0.1, 0.15) is 0 Å². The fraction of sp³-hybridized carbons (Fsp3) is 0.333. The zero-order valence-corrected chi connectivity index (χ0v) is 20.9. The molecule has 1 N–H and O–H groups in total. The number of hydroxylamine groups is 2. The Balaban J connectivity index is 0.000000311. The van der Waals surface area contributed by atoms with Gasteiger partial charge < -0.3 is 10.2 Å². The van der Waals surface area contributed by atoms with E-state index in [0.717, 1.165) is 28.7 Å². The first-order valence-corrected chi connectivity index (χ1v) is 11.5. The maximum Gasteiger partial charge on any atom is 0.345 e. The van der Waals surface area contributed by atoms with E-state index in [1.165, 1.54) is 25.9 Å². The summed E-state index contributed by atoms with van der Waals surface area (Å²) in [6, 6.07) is 12.0. The van der Waals surface area contributed by atoms with Crippen LogP contribution in [-0.4, -0.2) is 48.5 Å². The highest BCUT2D eigenvalue weighted by molar-refractivity contribution is 8.12. The molecule has 0 atom stereocenters. The number of nitrogens with zero attached hydrogens (tertiary/aromatic N) is 2. The van der Waals surface area contributed by atoms with Crippen molar-refractivity contribution in [2.45, 2.75) is 19.6 Å². The Kier molecular flexibility index (Phi) is 12.7. The minimum atomic E-state index is -0.393. The summed E-state index contributed by atoms with van der Waals surface area (Å²) in [5.74, 6) is 0.634. The number of hydrogen-bond donors (Lipinski definition) is 1. The van der Waals surface area contributed by atoms with Crippen LogP contribution in [0.3, 0.4) is 0 Å². The number of nitrogens with one attached hydrogen (secondary N) is 1. The third-order valence-corrected chi connectivity index (χ3v) is 6.13. The van der Waals surface area contributed by atoms with Crippen molar-refractivity contribution in [2.24, 2.45) is 0 Å². The number of amides is 3. The number of carbonyl (C=O) groups is 2. The Morgan fingerprint density at radius 2 is 1.65 bits per heavy atom. The number of anilines is 1. The van der Waals surface area contributed by atoms with Gasteiger partial charge in [-0.05, 0) is 43.7 Å². The first kappa shape index (κ1) is 27.4. The largest absolute Gasteiger partial charge is 0.345 e. The molecule has 0 aliphatic rings. The number of halogens is 3. The molecule has 0 radical (unpaired) electrons. The van der Waals surface area contributed by atoms with Gasteiger partial charge in [0.05, 0.1) is 17.2 Å². The second-order valence-electron chi connectivity index (χ2n) is 6.06. The normalized spacial score (nSPS) is 10.0. The van der Waals surface area contributed by atoms with Gasteiger partial charge in [-0.15, -0.1) is 0 Å². The van der Waals surface area contributed by atoms with E-state index >= 15 is 0 Å². The number of thioether (sulfide) groups is 1. The van der Waals surface area contributed by atoms with Gasteiger partial charge in [0.2, 0.25) is 0 Å². The lowest BCUT2D eigenvalue weighted by molar-refractivity contribution is -0.0598. The molecule has 0 fully saturated rings. The first-order valence-electron chi connectivity index (χ1n) is 9.42. The fourth-order valence-electron chi connectivity index (χ4n) is 2.19. The average molecular weight is 507 g/mol. The quantitative estimate of drug-likeness (QED) is 0.426. The highest BCUT2D eigenvalue weighted by Crippen LogP contribution is 2.25. The molecule has 0 unspecified atom stereocenters. The summed E-state index contributed by atoms with van der Waals surface area (Å²) in [6.45, 7) is 5.48. The number of benzene rings is 2. The van der Waals surface area contributed by atoms with Crippen molar-refractivity contribution in [3.8, 4) is 0 Å². The summed E-state index contributed by atoms with van der Waals surface area (Å²) in [5.41, 5.74) is 1.56. The maximum atomic E-state index is 11.7. The molecule has 0 saturated carbocycles. The van der Waals surface area contributed by atoms with Gasteiger partial charge in [-0.3, -0.25) is 9.63 Å². The Labute approximate surface area is 202 Å².